The molecule has 0 aliphatic rings. The van der Waals surface area contributed by atoms with E-state index in [9.17, 15) is 4.79 Å². The molecule has 0 saturated heterocycles. The number of aliphatic carboxylic acids is 1. The Balaban J connectivity index is 2.62. The van der Waals surface area contributed by atoms with Gasteiger partial charge in [-0.25, -0.2) is 4.79 Å². The van der Waals surface area contributed by atoms with Gasteiger partial charge in [0.15, 0.2) is 0 Å². The van der Waals surface area contributed by atoms with Crippen LogP contribution in [0.1, 0.15) is 18.9 Å². The van der Waals surface area contributed by atoms with Gasteiger partial charge in [-0.15, -0.1) is 0 Å². The van der Waals surface area contributed by atoms with Gasteiger partial charge in [-0.2, -0.15) is 0 Å². The fraction of sp³-hybridized carbons (Fsp3) is 0.308. The van der Waals surface area contributed by atoms with E-state index >= 15 is 0 Å². The van der Waals surface area contributed by atoms with Crippen molar-refractivity contribution in [1.29, 1.82) is 0 Å². The molecule has 1 rings (SSSR count). The molecule has 1 aromatic rings. The molecule has 92 valence electrons. The molecule has 0 aliphatic carbocycles. The molecular weight excluding hydrogens is 284 g/mol. The minimum atomic E-state index is -0.900. The molecule has 1 aromatic carbocycles. The van der Waals surface area contributed by atoms with Crippen LogP contribution in [-0.2, 0) is 4.79 Å². The third kappa shape index (κ3) is 5.04. The molecule has 0 atom stereocenters. The number of rotatable bonds is 6. The van der Waals surface area contributed by atoms with Crippen LogP contribution in [0, 0.1) is 0 Å². The van der Waals surface area contributed by atoms with Crippen LogP contribution in [0.3, 0.4) is 0 Å². The molecule has 0 aliphatic heterocycles. The number of hydrogen-bond acceptors (Lipinski definition) is 2. The number of ether oxygens (including phenoxy) is 1. The van der Waals surface area contributed by atoms with Gasteiger partial charge in [0.2, 0.25) is 0 Å². The number of carbonyl (C=O) groups is 1. The van der Waals surface area contributed by atoms with Gasteiger partial charge in [-0.1, -0.05) is 28.1 Å². The van der Waals surface area contributed by atoms with Crippen molar-refractivity contribution in [2.75, 3.05) is 11.9 Å². The molecule has 0 aromatic heterocycles. The van der Waals surface area contributed by atoms with Crippen LogP contribution in [0.4, 0.5) is 0 Å². The van der Waals surface area contributed by atoms with Gasteiger partial charge in [-0.3, -0.25) is 0 Å². The summed E-state index contributed by atoms with van der Waals surface area (Å²) in [7, 11) is 0. The Bertz CT molecular complexity index is 396. The van der Waals surface area contributed by atoms with Crippen molar-refractivity contribution < 1.29 is 14.6 Å². The average molecular weight is 299 g/mol. The molecule has 0 radical (unpaired) electrons. The molecule has 1 N–H and O–H groups in total. The van der Waals surface area contributed by atoms with E-state index in [4.69, 9.17) is 9.84 Å². The Labute approximate surface area is 109 Å². The first kappa shape index (κ1) is 13.8. The Kier molecular flexibility index (Phi) is 5.77. The lowest BCUT2D eigenvalue weighted by Crippen LogP contribution is -1.97. The molecule has 0 amide bonds. The molecule has 4 heteroatoms. The number of benzene rings is 1. The summed E-state index contributed by atoms with van der Waals surface area (Å²) in [5, 5.41) is 9.67. The maximum Gasteiger partial charge on any atom is 0.331 e. The highest BCUT2D eigenvalue weighted by molar-refractivity contribution is 9.09. The Morgan fingerprint density at radius 3 is 2.59 bits per heavy atom. The number of hydrogen-bond donors (Lipinski definition) is 1. The van der Waals surface area contributed by atoms with E-state index < -0.39 is 5.97 Å². The highest BCUT2D eigenvalue weighted by atomic mass is 79.9. The largest absolute Gasteiger partial charge is 0.494 e. The zero-order chi connectivity index (χ0) is 12.7. The summed E-state index contributed by atoms with van der Waals surface area (Å²) in [6.45, 7) is 2.25. The van der Waals surface area contributed by atoms with Crippen LogP contribution in [-0.4, -0.2) is 23.0 Å². The number of alkyl halides is 1. The first-order valence-electron chi connectivity index (χ1n) is 5.34. The zero-order valence-corrected chi connectivity index (χ0v) is 11.2. The van der Waals surface area contributed by atoms with Gasteiger partial charge < -0.3 is 9.84 Å². The first-order valence-corrected chi connectivity index (χ1v) is 6.46. The normalized spacial score (nSPS) is 11.3. The smallest absolute Gasteiger partial charge is 0.331 e. The standard InChI is InChI=1S/C13H15BrO3/c1-10(13(15)16)9-11-3-5-12(6-4-11)17-8-2-7-14/h3-6,9H,2,7-8H2,1H3,(H,15,16). The highest BCUT2D eigenvalue weighted by Crippen LogP contribution is 2.14. The molecule has 0 spiro atoms. The molecule has 0 fully saturated rings. The van der Waals surface area contributed by atoms with E-state index in [1.807, 2.05) is 24.3 Å². The second kappa shape index (κ2) is 7.12. The third-order valence-electron chi connectivity index (χ3n) is 2.15. The summed E-state index contributed by atoms with van der Waals surface area (Å²) >= 11 is 3.33. The minimum absolute atomic E-state index is 0.318. The lowest BCUT2D eigenvalue weighted by Gasteiger charge is -2.05. The highest BCUT2D eigenvalue weighted by Gasteiger charge is 2.00. The second-order valence-corrected chi connectivity index (χ2v) is 4.39. The molecular formula is C13H15BrO3. The summed E-state index contributed by atoms with van der Waals surface area (Å²) in [6, 6.07) is 7.37. The van der Waals surface area contributed by atoms with E-state index in [0.717, 1.165) is 23.1 Å². The van der Waals surface area contributed by atoms with Crippen molar-refractivity contribution >= 4 is 28.0 Å². The maximum absolute atomic E-state index is 10.6. The maximum atomic E-state index is 10.6. The van der Waals surface area contributed by atoms with Crippen LogP contribution < -0.4 is 4.74 Å². The van der Waals surface area contributed by atoms with Gasteiger partial charge in [0.05, 0.1) is 6.61 Å². The second-order valence-electron chi connectivity index (χ2n) is 3.59. The fourth-order valence-electron chi connectivity index (χ4n) is 1.22. The van der Waals surface area contributed by atoms with E-state index in [-0.39, 0.29) is 0 Å². The SMILES string of the molecule is CC(=Cc1ccc(OCCCBr)cc1)C(=O)O. The van der Waals surface area contributed by atoms with Gasteiger partial charge in [0.25, 0.3) is 0 Å². The molecule has 0 unspecified atom stereocenters. The quantitative estimate of drug-likeness (QED) is 0.498. The van der Waals surface area contributed by atoms with Gasteiger partial charge in [0, 0.05) is 10.9 Å². The van der Waals surface area contributed by atoms with Gasteiger partial charge >= 0.3 is 5.97 Å². The predicted octanol–water partition coefficient (Wildman–Crippen LogP) is 3.34. The Hall–Kier alpha value is -1.29. The van der Waals surface area contributed by atoms with Crippen molar-refractivity contribution in [3.63, 3.8) is 0 Å². The van der Waals surface area contributed by atoms with Crippen molar-refractivity contribution in [2.24, 2.45) is 0 Å². The molecule has 0 heterocycles. The van der Waals surface area contributed by atoms with Crippen LogP contribution in [0.15, 0.2) is 29.8 Å². The zero-order valence-electron chi connectivity index (χ0n) is 9.65. The van der Waals surface area contributed by atoms with Crippen LogP contribution in [0.25, 0.3) is 6.08 Å². The minimum Gasteiger partial charge on any atom is -0.494 e. The molecule has 17 heavy (non-hydrogen) atoms. The van der Waals surface area contributed by atoms with E-state index in [2.05, 4.69) is 15.9 Å². The average Bonchev–Trinajstić information content (AvgIpc) is 2.31. The summed E-state index contributed by atoms with van der Waals surface area (Å²) in [6.07, 6.45) is 2.59. The van der Waals surface area contributed by atoms with Crippen LogP contribution >= 0.6 is 15.9 Å². The number of carboxylic acids is 1. The van der Waals surface area contributed by atoms with Crippen LogP contribution in [0.5, 0.6) is 5.75 Å². The van der Waals surface area contributed by atoms with Crippen LogP contribution in [0.2, 0.25) is 0 Å². The number of halogens is 1. The first-order chi connectivity index (χ1) is 8.13. The van der Waals surface area contributed by atoms with E-state index in [1.165, 1.54) is 0 Å². The Morgan fingerprint density at radius 2 is 2.06 bits per heavy atom. The molecule has 0 saturated carbocycles. The van der Waals surface area contributed by atoms with Crippen molar-refractivity contribution in [3.05, 3.63) is 35.4 Å². The summed E-state index contributed by atoms with van der Waals surface area (Å²) in [5.41, 5.74) is 1.18. The Morgan fingerprint density at radius 1 is 1.41 bits per heavy atom. The third-order valence-corrected chi connectivity index (χ3v) is 2.71. The van der Waals surface area contributed by atoms with Crippen molar-refractivity contribution in [1.82, 2.24) is 0 Å². The van der Waals surface area contributed by atoms with Gasteiger partial charge in [0.1, 0.15) is 5.75 Å². The molecule has 0 bridgehead atoms. The monoisotopic (exact) mass is 298 g/mol. The fourth-order valence-corrected chi connectivity index (χ4v) is 1.45. The van der Waals surface area contributed by atoms with Crippen molar-refractivity contribution in [2.45, 2.75) is 13.3 Å². The summed E-state index contributed by atoms with van der Waals surface area (Å²) in [4.78, 5) is 10.6. The number of carboxylic acid groups (broad SMARTS) is 1. The molecule has 3 nitrogen and oxygen atoms in total. The van der Waals surface area contributed by atoms with Crippen molar-refractivity contribution in [3.8, 4) is 5.75 Å². The lowest BCUT2D eigenvalue weighted by molar-refractivity contribution is -0.132. The topological polar surface area (TPSA) is 46.5 Å². The summed E-state index contributed by atoms with van der Waals surface area (Å²) in [5.74, 6) is -0.0984. The summed E-state index contributed by atoms with van der Waals surface area (Å²) < 4.78 is 5.49. The predicted molar refractivity (Wildman–Crippen MR) is 71.6 cm³/mol. The lowest BCUT2D eigenvalue weighted by atomic mass is 10.1. The van der Waals surface area contributed by atoms with E-state index in [1.54, 1.807) is 13.0 Å². The van der Waals surface area contributed by atoms with E-state index in [0.29, 0.717) is 12.2 Å². The van der Waals surface area contributed by atoms with Gasteiger partial charge in [-0.05, 0) is 37.1 Å².